The molecule has 0 saturated carbocycles. The van der Waals surface area contributed by atoms with Crippen LogP contribution >= 0.6 is 0 Å². The fourth-order valence-corrected chi connectivity index (χ4v) is 4.10. The van der Waals surface area contributed by atoms with Gasteiger partial charge in [-0.2, -0.15) is 0 Å². The number of carbonyl (C=O) groups is 1. The van der Waals surface area contributed by atoms with Crippen molar-refractivity contribution in [2.24, 2.45) is 0 Å². The minimum atomic E-state index is 0.0381. The molecule has 2 fully saturated rings. The summed E-state index contributed by atoms with van der Waals surface area (Å²) in [5, 5.41) is 0. The van der Waals surface area contributed by atoms with Crippen LogP contribution in [0.25, 0.3) is 0 Å². The maximum Gasteiger partial charge on any atom is 0.253 e. The van der Waals surface area contributed by atoms with E-state index in [0.717, 1.165) is 38.3 Å². The van der Waals surface area contributed by atoms with Crippen LogP contribution in [-0.4, -0.2) is 71.0 Å². The van der Waals surface area contributed by atoms with Crippen molar-refractivity contribution in [2.45, 2.75) is 45.3 Å². The highest BCUT2D eigenvalue weighted by molar-refractivity contribution is 5.94. The van der Waals surface area contributed by atoms with Gasteiger partial charge in [0, 0.05) is 55.9 Å². The molecule has 126 valence electrons. The largest absolute Gasteiger partial charge is 0.335 e. The number of amides is 1. The van der Waals surface area contributed by atoms with Gasteiger partial charge in [0.2, 0.25) is 0 Å². The summed E-state index contributed by atoms with van der Waals surface area (Å²) in [7, 11) is 0. The standard InChI is InChI=1S/C19H29N3O/c1-15(2)20-10-11-22-17(12-20)13-21(14-19(22,3)4)18(23)16-8-6-5-7-9-16/h5-9,15,17H,10-14H2,1-4H3/t17-/m0/s1. The fraction of sp³-hybridized carbons (Fsp3) is 0.632. The van der Waals surface area contributed by atoms with Crippen LogP contribution in [0.5, 0.6) is 0 Å². The number of nitrogens with zero attached hydrogens (tertiary/aromatic N) is 3. The number of carbonyl (C=O) groups excluding carboxylic acids is 1. The molecule has 23 heavy (non-hydrogen) atoms. The van der Waals surface area contributed by atoms with Gasteiger partial charge >= 0.3 is 0 Å². The minimum absolute atomic E-state index is 0.0381. The first kappa shape index (κ1) is 16.5. The van der Waals surface area contributed by atoms with Crippen LogP contribution in [-0.2, 0) is 0 Å². The van der Waals surface area contributed by atoms with Gasteiger partial charge in [-0.15, -0.1) is 0 Å². The Bertz CT molecular complexity index is 555. The van der Waals surface area contributed by atoms with Gasteiger partial charge < -0.3 is 4.90 Å². The predicted molar refractivity (Wildman–Crippen MR) is 93.6 cm³/mol. The Morgan fingerprint density at radius 3 is 2.48 bits per heavy atom. The normalized spacial score (nSPS) is 25.4. The summed E-state index contributed by atoms with van der Waals surface area (Å²) in [6.07, 6.45) is 0. The first-order chi connectivity index (χ1) is 10.9. The summed E-state index contributed by atoms with van der Waals surface area (Å²) in [5.74, 6) is 0.167. The number of piperazine rings is 2. The van der Waals surface area contributed by atoms with Crippen LogP contribution in [0.4, 0.5) is 0 Å². The number of fused-ring (bicyclic) bond motifs is 1. The second-order valence-electron chi connectivity index (χ2n) is 7.80. The molecule has 4 heteroatoms. The van der Waals surface area contributed by atoms with Crippen LogP contribution in [0.15, 0.2) is 30.3 Å². The molecule has 0 spiro atoms. The number of hydrogen-bond donors (Lipinski definition) is 0. The van der Waals surface area contributed by atoms with Gasteiger partial charge in [0.25, 0.3) is 5.91 Å². The van der Waals surface area contributed by atoms with E-state index in [9.17, 15) is 4.79 Å². The van der Waals surface area contributed by atoms with Crippen LogP contribution in [0.2, 0.25) is 0 Å². The highest BCUT2D eigenvalue weighted by atomic mass is 16.2. The maximum absolute atomic E-state index is 12.9. The Morgan fingerprint density at radius 1 is 1.13 bits per heavy atom. The lowest BCUT2D eigenvalue weighted by molar-refractivity contribution is -0.0616. The van der Waals surface area contributed by atoms with Gasteiger partial charge in [-0.25, -0.2) is 0 Å². The third kappa shape index (κ3) is 3.29. The Labute approximate surface area is 140 Å². The molecule has 0 unspecified atom stereocenters. The molecular formula is C19H29N3O. The smallest absolute Gasteiger partial charge is 0.253 e. The van der Waals surface area contributed by atoms with E-state index in [1.165, 1.54) is 0 Å². The first-order valence-electron chi connectivity index (χ1n) is 8.73. The molecule has 0 bridgehead atoms. The van der Waals surface area contributed by atoms with Gasteiger partial charge in [0.05, 0.1) is 0 Å². The molecule has 0 radical (unpaired) electrons. The van der Waals surface area contributed by atoms with Gasteiger partial charge in [0.1, 0.15) is 0 Å². The van der Waals surface area contributed by atoms with Crippen molar-refractivity contribution in [3.63, 3.8) is 0 Å². The van der Waals surface area contributed by atoms with Crippen LogP contribution in [0, 0.1) is 0 Å². The number of rotatable bonds is 2. The number of benzene rings is 1. The summed E-state index contributed by atoms with van der Waals surface area (Å²) < 4.78 is 0. The second kappa shape index (κ2) is 6.25. The molecule has 4 nitrogen and oxygen atoms in total. The summed E-state index contributed by atoms with van der Waals surface area (Å²) in [6, 6.07) is 10.7. The van der Waals surface area contributed by atoms with Crippen molar-refractivity contribution in [2.75, 3.05) is 32.7 Å². The third-order valence-electron chi connectivity index (χ3n) is 5.34. The highest BCUT2D eigenvalue weighted by Crippen LogP contribution is 2.29. The molecule has 1 aromatic rings. The quantitative estimate of drug-likeness (QED) is 0.838. The molecule has 0 N–H and O–H groups in total. The molecule has 1 amide bonds. The van der Waals surface area contributed by atoms with Crippen molar-refractivity contribution in [3.05, 3.63) is 35.9 Å². The van der Waals surface area contributed by atoms with E-state index in [-0.39, 0.29) is 11.4 Å². The van der Waals surface area contributed by atoms with E-state index in [2.05, 4.69) is 42.4 Å². The lowest BCUT2D eigenvalue weighted by atomic mass is 9.92. The first-order valence-corrected chi connectivity index (χ1v) is 8.73. The lowest BCUT2D eigenvalue weighted by Gasteiger charge is -2.56. The van der Waals surface area contributed by atoms with Gasteiger partial charge in [-0.3, -0.25) is 14.6 Å². The summed E-state index contributed by atoms with van der Waals surface area (Å²) in [4.78, 5) is 20.1. The van der Waals surface area contributed by atoms with Crippen molar-refractivity contribution in [1.82, 2.24) is 14.7 Å². The molecular weight excluding hydrogens is 286 g/mol. The fourth-order valence-electron chi connectivity index (χ4n) is 4.10. The molecule has 0 aliphatic carbocycles. The summed E-state index contributed by atoms with van der Waals surface area (Å²) >= 11 is 0. The van der Waals surface area contributed by atoms with Crippen molar-refractivity contribution in [3.8, 4) is 0 Å². The Kier molecular flexibility index (Phi) is 4.47. The van der Waals surface area contributed by atoms with Gasteiger partial charge in [-0.05, 0) is 39.8 Å². The summed E-state index contributed by atoms with van der Waals surface area (Å²) in [5.41, 5.74) is 0.837. The van der Waals surface area contributed by atoms with E-state index < -0.39 is 0 Å². The molecule has 3 rings (SSSR count). The zero-order valence-corrected chi connectivity index (χ0v) is 14.8. The molecule has 2 saturated heterocycles. The van der Waals surface area contributed by atoms with Crippen LogP contribution in [0.1, 0.15) is 38.1 Å². The van der Waals surface area contributed by atoms with Crippen LogP contribution in [0.3, 0.4) is 0 Å². The Hall–Kier alpha value is -1.39. The zero-order valence-electron chi connectivity index (χ0n) is 14.8. The molecule has 2 aliphatic heterocycles. The lowest BCUT2D eigenvalue weighted by Crippen LogP contribution is -2.70. The minimum Gasteiger partial charge on any atom is -0.335 e. The Morgan fingerprint density at radius 2 is 1.83 bits per heavy atom. The molecule has 0 aromatic heterocycles. The second-order valence-corrected chi connectivity index (χ2v) is 7.80. The van der Waals surface area contributed by atoms with E-state index >= 15 is 0 Å². The average Bonchev–Trinajstić information content (AvgIpc) is 2.53. The predicted octanol–water partition coefficient (Wildman–Crippen LogP) is 2.32. The van der Waals surface area contributed by atoms with E-state index in [1.807, 2.05) is 30.3 Å². The van der Waals surface area contributed by atoms with E-state index in [0.29, 0.717) is 12.1 Å². The van der Waals surface area contributed by atoms with Gasteiger partial charge in [0.15, 0.2) is 0 Å². The molecule has 1 aromatic carbocycles. The maximum atomic E-state index is 12.9. The van der Waals surface area contributed by atoms with E-state index in [4.69, 9.17) is 0 Å². The van der Waals surface area contributed by atoms with Crippen molar-refractivity contribution in [1.29, 1.82) is 0 Å². The highest BCUT2D eigenvalue weighted by Gasteiger charge is 2.44. The SMILES string of the molecule is CC(C)N1CCN2[C@H](CN(C(=O)c3ccccc3)CC2(C)C)C1. The topological polar surface area (TPSA) is 26.8 Å². The zero-order chi connectivity index (χ0) is 16.6. The molecule has 2 heterocycles. The summed E-state index contributed by atoms with van der Waals surface area (Å²) in [6.45, 7) is 14.0. The van der Waals surface area contributed by atoms with E-state index in [1.54, 1.807) is 0 Å². The van der Waals surface area contributed by atoms with Gasteiger partial charge in [-0.1, -0.05) is 18.2 Å². The molecule has 1 atom stereocenters. The third-order valence-corrected chi connectivity index (χ3v) is 5.34. The van der Waals surface area contributed by atoms with Crippen molar-refractivity contribution >= 4 is 5.91 Å². The Balaban J connectivity index is 1.78. The number of hydrogen-bond acceptors (Lipinski definition) is 3. The molecule has 2 aliphatic rings. The average molecular weight is 315 g/mol. The monoisotopic (exact) mass is 315 g/mol. The van der Waals surface area contributed by atoms with Crippen molar-refractivity contribution < 1.29 is 4.79 Å². The van der Waals surface area contributed by atoms with Crippen LogP contribution < -0.4 is 0 Å².